The van der Waals surface area contributed by atoms with Gasteiger partial charge in [0, 0.05) is 13.0 Å². The van der Waals surface area contributed by atoms with Gasteiger partial charge in [-0.1, -0.05) is 17.7 Å². The Morgan fingerprint density at radius 3 is 2.33 bits per heavy atom. The maximum absolute atomic E-state index is 11.5. The van der Waals surface area contributed by atoms with Crippen LogP contribution in [-0.2, 0) is 0 Å². The summed E-state index contributed by atoms with van der Waals surface area (Å²) in [6, 6.07) is 8.62. The molecule has 0 radical (unpaired) electrons. The SMILES string of the molecule is CC(=O)c1cc(C(=O)O)nn1-c1ccc(C)cc1. The van der Waals surface area contributed by atoms with E-state index >= 15 is 0 Å². The van der Waals surface area contributed by atoms with Gasteiger partial charge in [-0.15, -0.1) is 0 Å². The maximum atomic E-state index is 11.5. The van der Waals surface area contributed by atoms with E-state index in [0.29, 0.717) is 5.69 Å². The molecule has 0 spiro atoms. The zero-order valence-electron chi connectivity index (χ0n) is 10.0. The highest BCUT2D eigenvalue weighted by Gasteiger charge is 2.16. The van der Waals surface area contributed by atoms with Crippen LogP contribution in [0.4, 0.5) is 0 Å². The lowest BCUT2D eigenvalue weighted by Crippen LogP contribution is -2.06. The third kappa shape index (κ3) is 2.15. The number of aromatic carboxylic acids is 1. The second-order valence-corrected chi connectivity index (χ2v) is 4.02. The number of benzene rings is 1. The van der Waals surface area contributed by atoms with Gasteiger partial charge in [-0.2, -0.15) is 5.10 Å². The minimum absolute atomic E-state index is 0.138. The van der Waals surface area contributed by atoms with Gasteiger partial charge in [0.1, 0.15) is 5.69 Å². The minimum Gasteiger partial charge on any atom is -0.476 e. The molecule has 2 aromatic rings. The molecular formula is C13H12N2O3. The number of carbonyl (C=O) groups is 2. The summed E-state index contributed by atoms with van der Waals surface area (Å²) in [4.78, 5) is 22.4. The number of carboxylic acids is 1. The van der Waals surface area contributed by atoms with Crippen LogP contribution in [0, 0.1) is 6.92 Å². The normalized spacial score (nSPS) is 10.3. The number of hydrogen-bond donors (Lipinski definition) is 1. The van der Waals surface area contributed by atoms with Crippen LogP contribution in [0.5, 0.6) is 0 Å². The summed E-state index contributed by atoms with van der Waals surface area (Å²) in [5.41, 5.74) is 1.86. The molecule has 5 nitrogen and oxygen atoms in total. The number of hydrogen-bond acceptors (Lipinski definition) is 3. The van der Waals surface area contributed by atoms with E-state index in [9.17, 15) is 9.59 Å². The molecule has 0 unspecified atom stereocenters. The molecule has 0 saturated heterocycles. The highest BCUT2D eigenvalue weighted by atomic mass is 16.4. The van der Waals surface area contributed by atoms with Crippen molar-refractivity contribution in [1.29, 1.82) is 0 Å². The summed E-state index contributed by atoms with van der Waals surface area (Å²) in [5.74, 6) is -1.38. The van der Waals surface area contributed by atoms with Gasteiger partial charge in [0.2, 0.25) is 0 Å². The molecule has 0 saturated carbocycles. The van der Waals surface area contributed by atoms with Crippen molar-refractivity contribution >= 4 is 11.8 Å². The molecule has 0 atom stereocenters. The van der Waals surface area contributed by atoms with Crippen molar-refractivity contribution in [3.8, 4) is 5.69 Å². The number of aryl methyl sites for hydroxylation is 1. The standard InChI is InChI=1S/C13H12N2O3/c1-8-3-5-10(6-4-8)15-12(9(2)16)7-11(14-15)13(17)18/h3-7H,1-2H3,(H,17,18). The quantitative estimate of drug-likeness (QED) is 0.839. The largest absolute Gasteiger partial charge is 0.476 e. The van der Waals surface area contributed by atoms with Crippen molar-refractivity contribution in [3.05, 3.63) is 47.3 Å². The van der Waals surface area contributed by atoms with E-state index in [0.717, 1.165) is 5.56 Å². The average Bonchev–Trinajstić information content (AvgIpc) is 2.75. The van der Waals surface area contributed by atoms with E-state index < -0.39 is 5.97 Å². The van der Waals surface area contributed by atoms with Crippen molar-refractivity contribution < 1.29 is 14.7 Å². The Hall–Kier alpha value is -2.43. The van der Waals surface area contributed by atoms with Gasteiger partial charge in [-0.3, -0.25) is 4.79 Å². The zero-order chi connectivity index (χ0) is 13.3. The van der Waals surface area contributed by atoms with Crippen LogP contribution in [0.1, 0.15) is 33.5 Å². The van der Waals surface area contributed by atoms with Gasteiger partial charge < -0.3 is 5.11 Å². The third-order valence-corrected chi connectivity index (χ3v) is 2.57. The lowest BCUT2D eigenvalue weighted by molar-refractivity contribution is 0.0690. The summed E-state index contributed by atoms with van der Waals surface area (Å²) in [6.07, 6.45) is 0. The molecule has 1 N–H and O–H groups in total. The van der Waals surface area contributed by atoms with Crippen LogP contribution >= 0.6 is 0 Å². The van der Waals surface area contributed by atoms with Crippen molar-refractivity contribution in [2.75, 3.05) is 0 Å². The van der Waals surface area contributed by atoms with Crippen LogP contribution in [0.3, 0.4) is 0 Å². The predicted molar refractivity (Wildman–Crippen MR) is 65.3 cm³/mol. The fourth-order valence-electron chi connectivity index (χ4n) is 1.62. The fraction of sp³-hybridized carbons (Fsp3) is 0.154. The van der Waals surface area contributed by atoms with E-state index in [1.165, 1.54) is 17.7 Å². The van der Waals surface area contributed by atoms with E-state index in [4.69, 9.17) is 5.11 Å². The lowest BCUT2D eigenvalue weighted by atomic mass is 10.2. The second-order valence-electron chi connectivity index (χ2n) is 4.02. The summed E-state index contributed by atoms with van der Waals surface area (Å²) in [7, 11) is 0. The Kier molecular flexibility index (Phi) is 2.97. The maximum Gasteiger partial charge on any atom is 0.356 e. The van der Waals surface area contributed by atoms with E-state index in [1.54, 1.807) is 12.1 Å². The Bertz CT molecular complexity index is 612. The molecule has 1 aromatic heterocycles. The molecule has 0 amide bonds. The first-order valence-electron chi connectivity index (χ1n) is 5.40. The van der Waals surface area contributed by atoms with Gasteiger partial charge in [-0.05, 0) is 19.1 Å². The summed E-state index contributed by atoms with van der Waals surface area (Å²) >= 11 is 0. The van der Waals surface area contributed by atoms with Crippen molar-refractivity contribution in [3.63, 3.8) is 0 Å². The van der Waals surface area contributed by atoms with Gasteiger partial charge >= 0.3 is 5.97 Å². The molecule has 0 fully saturated rings. The number of ketones is 1. The van der Waals surface area contributed by atoms with Gasteiger partial charge in [0.15, 0.2) is 11.5 Å². The Labute approximate surface area is 104 Å². The van der Waals surface area contributed by atoms with Crippen molar-refractivity contribution in [2.24, 2.45) is 0 Å². The van der Waals surface area contributed by atoms with E-state index in [2.05, 4.69) is 5.10 Å². The fourth-order valence-corrected chi connectivity index (χ4v) is 1.62. The van der Waals surface area contributed by atoms with Gasteiger partial charge in [0.25, 0.3) is 0 Å². The summed E-state index contributed by atoms with van der Waals surface area (Å²) < 4.78 is 1.35. The number of carboxylic acid groups (broad SMARTS) is 1. The Morgan fingerprint density at radius 1 is 1.22 bits per heavy atom. The van der Waals surface area contributed by atoms with E-state index in [1.807, 2.05) is 19.1 Å². The average molecular weight is 244 g/mol. The van der Waals surface area contributed by atoms with Crippen LogP contribution in [0.15, 0.2) is 30.3 Å². The first-order chi connectivity index (χ1) is 8.49. The minimum atomic E-state index is -1.15. The van der Waals surface area contributed by atoms with Crippen LogP contribution in [0.2, 0.25) is 0 Å². The monoisotopic (exact) mass is 244 g/mol. The van der Waals surface area contributed by atoms with Crippen LogP contribution in [-0.4, -0.2) is 26.6 Å². The highest BCUT2D eigenvalue weighted by Crippen LogP contribution is 2.14. The number of Topliss-reactive ketones (excluding diaryl/α,β-unsaturated/α-hetero) is 1. The number of rotatable bonds is 3. The summed E-state index contributed by atoms with van der Waals surface area (Å²) in [6.45, 7) is 3.33. The molecule has 0 aliphatic carbocycles. The highest BCUT2D eigenvalue weighted by molar-refractivity contribution is 5.96. The molecule has 1 heterocycles. The molecule has 0 bridgehead atoms. The smallest absolute Gasteiger partial charge is 0.356 e. The number of nitrogens with zero attached hydrogens (tertiary/aromatic N) is 2. The molecule has 1 aromatic carbocycles. The molecule has 0 aliphatic heterocycles. The Morgan fingerprint density at radius 2 is 1.83 bits per heavy atom. The first-order valence-corrected chi connectivity index (χ1v) is 5.40. The second kappa shape index (κ2) is 4.44. The summed E-state index contributed by atoms with van der Waals surface area (Å²) in [5, 5.41) is 12.8. The van der Waals surface area contributed by atoms with Crippen LogP contribution < -0.4 is 0 Å². The van der Waals surface area contributed by atoms with Crippen molar-refractivity contribution in [1.82, 2.24) is 9.78 Å². The predicted octanol–water partition coefficient (Wildman–Crippen LogP) is 2.08. The molecule has 2 rings (SSSR count). The lowest BCUT2D eigenvalue weighted by Gasteiger charge is -2.05. The van der Waals surface area contributed by atoms with E-state index in [-0.39, 0.29) is 17.2 Å². The van der Waals surface area contributed by atoms with Gasteiger partial charge in [0.05, 0.1) is 5.69 Å². The molecule has 92 valence electrons. The van der Waals surface area contributed by atoms with Gasteiger partial charge in [-0.25, -0.2) is 9.48 Å². The topological polar surface area (TPSA) is 72.2 Å². The number of aromatic nitrogens is 2. The number of carbonyl (C=O) groups excluding carboxylic acids is 1. The Balaban J connectivity index is 2.58. The first kappa shape index (κ1) is 12.0. The third-order valence-electron chi connectivity index (χ3n) is 2.57. The zero-order valence-corrected chi connectivity index (χ0v) is 10.0. The molecule has 18 heavy (non-hydrogen) atoms. The van der Waals surface area contributed by atoms with Crippen LogP contribution in [0.25, 0.3) is 5.69 Å². The molecule has 0 aliphatic rings. The molecular weight excluding hydrogens is 232 g/mol. The van der Waals surface area contributed by atoms with Crippen molar-refractivity contribution in [2.45, 2.75) is 13.8 Å². The molecule has 5 heteroatoms.